The lowest BCUT2D eigenvalue weighted by Crippen LogP contribution is -2.43. The zero-order valence-corrected chi connectivity index (χ0v) is 18.6. The van der Waals surface area contributed by atoms with E-state index in [0.29, 0.717) is 0 Å². The van der Waals surface area contributed by atoms with Crippen LogP contribution in [0.25, 0.3) is 0 Å². The molecule has 3 rings (SSSR count). The topological polar surface area (TPSA) is 72.3 Å². The van der Waals surface area contributed by atoms with Crippen molar-refractivity contribution >= 4 is 18.0 Å². The highest BCUT2D eigenvalue weighted by molar-refractivity contribution is 6.04. The average molecular weight is 541 g/mol. The number of carbonyl (C=O) groups excluding carboxylic acids is 1. The van der Waals surface area contributed by atoms with Gasteiger partial charge in [0.05, 0.1) is 16.8 Å². The number of amides is 1. The van der Waals surface area contributed by atoms with E-state index in [1.807, 2.05) is 0 Å². The lowest BCUT2D eigenvalue weighted by molar-refractivity contribution is -0.276. The van der Waals surface area contributed by atoms with E-state index in [4.69, 9.17) is 0 Å². The second kappa shape index (κ2) is 9.94. The summed E-state index contributed by atoms with van der Waals surface area (Å²) in [5, 5.41) is 9.00. The van der Waals surface area contributed by atoms with Crippen molar-refractivity contribution < 1.29 is 54.0 Å². The SMILES string of the molecule is CCO/N=C\NC(=O)c1ccc(C2=NOC(c3cc(C(F)(F)F)cc(C(F)(F)F)c3)(C(F)(F)F)C2)cc1. The van der Waals surface area contributed by atoms with Gasteiger partial charge in [-0.3, -0.25) is 4.79 Å². The molecule has 0 radical (unpaired) electrons. The molecule has 1 unspecified atom stereocenters. The van der Waals surface area contributed by atoms with Gasteiger partial charge in [0.25, 0.3) is 11.5 Å². The van der Waals surface area contributed by atoms with Gasteiger partial charge in [-0.15, -0.1) is 0 Å². The minimum Gasteiger partial charge on any atom is -0.395 e. The van der Waals surface area contributed by atoms with E-state index < -0.39 is 58.9 Å². The molecule has 1 atom stereocenters. The summed E-state index contributed by atoms with van der Waals surface area (Å²) in [4.78, 5) is 21.3. The largest absolute Gasteiger partial charge is 0.435 e. The third-order valence-corrected chi connectivity index (χ3v) is 5.17. The molecule has 2 aromatic carbocycles. The second-order valence-corrected chi connectivity index (χ2v) is 7.63. The summed E-state index contributed by atoms with van der Waals surface area (Å²) in [6.07, 6.45) is -16.4. The van der Waals surface area contributed by atoms with Crippen LogP contribution < -0.4 is 5.32 Å². The van der Waals surface area contributed by atoms with Crippen LogP contribution in [0.4, 0.5) is 39.5 Å². The van der Waals surface area contributed by atoms with E-state index in [2.05, 4.69) is 25.3 Å². The zero-order chi connectivity index (χ0) is 27.6. The predicted molar refractivity (Wildman–Crippen MR) is 110 cm³/mol. The van der Waals surface area contributed by atoms with Crippen molar-refractivity contribution in [3.63, 3.8) is 0 Å². The van der Waals surface area contributed by atoms with Gasteiger partial charge in [-0.05, 0) is 42.8 Å². The van der Waals surface area contributed by atoms with E-state index in [1.54, 1.807) is 6.92 Å². The van der Waals surface area contributed by atoms with Gasteiger partial charge in [0.15, 0.2) is 0 Å². The molecule has 0 saturated heterocycles. The summed E-state index contributed by atoms with van der Waals surface area (Å²) in [6, 6.07) is 4.43. The van der Waals surface area contributed by atoms with E-state index in [0.717, 1.165) is 6.34 Å². The molecule has 0 saturated carbocycles. The van der Waals surface area contributed by atoms with Crippen LogP contribution in [-0.2, 0) is 27.6 Å². The van der Waals surface area contributed by atoms with Crippen molar-refractivity contribution in [3.8, 4) is 0 Å². The van der Waals surface area contributed by atoms with Crippen LogP contribution in [0.2, 0.25) is 0 Å². The Bertz CT molecular complexity index is 1170. The first-order chi connectivity index (χ1) is 17.1. The predicted octanol–water partition coefficient (Wildman–Crippen LogP) is 6.02. The molecule has 0 aliphatic carbocycles. The fourth-order valence-electron chi connectivity index (χ4n) is 3.34. The fourth-order valence-corrected chi connectivity index (χ4v) is 3.34. The van der Waals surface area contributed by atoms with Gasteiger partial charge in [-0.1, -0.05) is 22.4 Å². The summed E-state index contributed by atoms with van der Waals surface area (Å²) < 4.78 is 122. The average Bonchev–Trinajstić information content (AvgIpc) is 3.28. The van der Waals surface area contributed by atoms with Gasteiger partial charge in [0, 0.05) is 17.5 Å². The van der Waals surface area contributed by atoms with Crippen LogP contribution in [-0.4, -0.2) is 30.7 Å². The molecule has 200 valence electrons. The Labute approximate surface area is 202 Å². The maximum Gasteiger partial charge on any atom is 0.435 e. The number of rotatable bonds is 6. The zero-order valence-electron chi connectivity index (χ0n) is 18.6. The first-order valence-corrected chi connectivity index (χ1v) is 10.3. The minimum absolute atomic E-state index is 0.00585. The molecule has 1 amide bonds. The first-order valence-electron chi connectivity index (χ1n) is 10.3. The monoisotopic (exact) mass is 541 g/mol. The number of nitrogens with zero attached hydrogens (tertiary/aromatic N) is 2. The highest BCUT2D eigenvalue weighted by Crippen LogP contribution is 2.50. The number of halogens is 9. The van der Waals surface area contributed by atoms with Crippen molar-refractivity contribution in [2.75, 3.05) is 6.61 Å². The van der Waals surface area contributed by atoms with Gasteiger partial charge in [-0.25, -0.2) is 0 Å². The standard InChI is InChI=1S/C22H16F9N3O3/c1-2-36-33-11-32-18(35)13-5-3-12(4-6-13)17-10-19(37-34-17,22(29,30)31)14-7-15(20(23,24)25)9-16(8-14)21(26,27)28/h3-9,11H,2,10H2,1H3,(H,32,33,35). The van der Waals surface area contributed by atoms with Crippen LogP contribution in [0.3, 0.4) is 0 Å². The molecular weight excluding hydrogens is 525 g/mol. The molecule has 1 aliphatic heterocycles. The molecule has 1 heterocycles. The highest BCUT2D eigenvalue weighted by atomic mass is 19.4. The van der Waals surface area contributed by atoms with Crippen molar-refractivity contribution in [2.24, 2.45) is 10.3 Å². The Kier molecular flexibility index (Phi) is 7.47. The molecule has 0 bridgehead atoms. The Morgan fingerprint density at radius 3 is 2.08 bits per heavy atom. The van der Waals surface area contributed by atoms with Crippen molar-refractivity contribution in [1.29, 1.82) is 0 Å². The molecule has 6 nitrogen and oxygen atoms in total. The van der Waals surface area contributed by atoms with Gasteiger partial charge < -0.3 is 15.0 Å². The van der Waals surface area contributed by atoms with Crippen LogP contribution in [0.5, 0.6) is 0 Å². The van der Waals surface area contributed by atoms with Gasteiger partial charge in [0.2, 0.25) is 0 Å². The Morgan fingerprint density at radius 1 is 1.03 bits per heavy atom. The Balaban J connectivity index is 1.95. The van der Waals surface area contributed by atoms with E-state index in [9.17, 15) is 44.3 Å². The molecule has 2 aromatic rings. The quantitative estimate of drug-likeness (QED) is 0.211. The molecule has 37 heavy (non-hydrogen) atoms. The fraction of sp³-hybridized carbons (Fsp3) is 0.318. The van der Waals surface area contributed by atoms with Gasteiger partial charge in [0.1, 0.15) is 12.9 Å². The number of nitrogens with one attached hydrogen (secondary N) is 1. The smallest absolute Gasteiger partial charge is 0.395 e. The third-order valence-electron chi connectivity index (χ3n) is 5.17. The van der Waals surface area contributed by atoms with E-state index >= 15 is 0 Å². The summed E-state index contributed by atoms with van der Waals surface area (Å²) in [6.45, 7) is 1.91. The summed E-state index contributed by atoms with van der Waals surface area (Å²) in [7, 11) is 0. The third kappa shape index (κ3) is 5.97. The van der Waals surface area contributed by atoms with Crippen LogP contribution in [0.15, 0.2) is 52.8 Å². The van der Waals surface area contributed by atoms with E-state index in [-0.39, 0.29) is 35.9 Å². The highest BCUT2D eigenvalue weighted by Gasteiger charge is 2.63. The molecule has 0 fully saturated rings. The number of oxime groups is 2. The van der Waals surface area contributed by atoms with Crippen LogP contribution in [0, 0.1) is 0 Å². The van der Waals surface area contributed by atoms with Crippen LogP contribution in [0.1, 0.15) is 46.0 Å². The van der Waals surface area contributed by atoms with Crippen molar-refractivity contribution in [3.05, 3.63) is 70.3 Å². The maximum atomic E-state index is 14.2. The Hall–Kier alpha value is -3.78. The lowest BCUT2D eigenvalue weighted by Gasteiger charge is -2.30. The molecule has 1 aliphatic rings. The molecule has 15 heteroatoms. The van der Waals surface area contributed by atoms with Crippen molar-refractivity contribution in [1.82, 2.24) is 5.32 Å². The Morgan fingerprint density at radius 2 is 1.59 bits per heavy atom. The number of benzene rings is 2. The second-order valence-electron chi connectivity index (χ2n) is 7.63. The number of alkyl halides is 9. The molecular formula is C22H16F9N3O3. The number of hydrogen-bond donors (Lipinski definition) is 1. The maximum absolute atomic E-state index is 14.2. The minimum atomic E-state index is -5.45. The van der Waals surface area contributed by atoms with Crippen LogP contribution >= 0.6 is 0 Å². The lowest BCUT2D eigenvalue weighted by atomic mass is 9.84. The molecule has 0 aromatic heterocycles. The number of carbonyl (C=O) groups is 1. The first kappa shape index (κ1) is 27.8. The normalized spacial score (nSPS) is 18.5. The van der Waals surface area contributed by atoms with Gasteiger partial charge >= 0.3 is 18.5 Å². The van der Waals surface area contributed by atoms with Crippen molar-refractivity contribution in [2.45, 2.75) is 37.5 Å². The number of hydrogen-bond acceptors (Lipinski definition) is 5. The van der Waals surface area contributed by atoms with E-state index in [1.165, 1.54) is 24.3 Å². The summed E-state index contributed by atoms with van der Waals surface area (Å²) >= 11 is 0. The molecule has 1 N–H and O–H groups in total. The summed E-state index contributed by atoms with van der Waals surface area (Å²) in [5.74, 6) is -0.645. The molecule has 0 spiro atoms. The summed E-state index contributed by atoms with van der Waals surface area (Å²) in [5.41, 5.74) is -9.24. The van der Waals surface area contributed by atoms with Gasteiger partial charge in [-0.2, -0.15) is 39.5 Å².